The van der Waals surface area contributed by atoms with Crippen LogP contribution in [0.3, 0.4) is 0 Å². The number of hydrogen-bond donors (Lipinski definition) is 1. The number of nitro groups is 1. The molecule has 1 heterocycles. The second-order valence-corrected chi connectivity index (χ2v) is 6.32. The second kappa shape index (κ2) is 7.06. The topological polar surface area (TPSA) is 78.7 Å². The zero-order chi connectivity index (χ0) is 16.2. The van der Waals surface area contributed by atoms with Gasteiger partial charge in [0, 0.05) is 50.9 Å². The molecule has 1 saturated carbocycles. The Hall–Kier alpha value is -1.99. The fourth-order valence-electron chi connectivity index (χ4n) is 2.79. The zero-order valence-corrected chi connectivity index (χ0v) is 13.1. The monoisotopic (exact) mass is 318 g/mol. The Morgan fingerprint density at radius 1 is 1.13 bits per heavy atom. The van der Waals surface area contributed by atoms with Crippen LogP contribution >= 0.6 is 0 Å². The lowest BCUT2D eigenvalue weighted by molar-refractivity contribution is -0.384. The molecule has 1 aliphatic carbocycles. The summed E-state index contributed by atoms with van der Waals surface area (Å²) in [6, 6.07) is 7.15. The van der Waals surface area contributed by atoms with Gasteiger partial charge in [-0.15, -0.1) is 0 Å². The van der Waals surface area contributed by atoms with Crippen LogP contribution in [0, 0.1) is 10.1 Å². The first-order chi connectivity index (χ1) is 11.1. The summed E-state index contributed by atoms with van der Waals surface area (Å²) < 4.78 is 0. The van der Waals surface area contributed by atoms with E-state index in [0.717, 1.165) is 51.1 Å². The standard InChI is InChI=1S/C16H22N4O3/c21-16(17-14-3-4-14)12-19-9-7-18(8-10-19)11-13-1-5-15(6-2-13)20(22)23/h1-2,5-6,14H,3-4,7-12H2,(H,17,21). The predicted molar refractivity (Wildman–Crippen MR) is 86.0 cm³/mol. The highest BCUT2D eigenvalue weighted by molar-refractivity contribution is 5.78. The lowest BCUT2D eigenvalue weighted by Crippen LogP contribution is -2.49. The summed E-state index contributed by atoms with van der Waals surface area (Å²) >= 11 is 0. The van der Waals surface area contributed by atoms with Crippen molar-refractivity contribution in [1.82, 2.24) is 15.1 Å². The lowest BCUT2D eigenvalue weighted by atomic mass is 10.2. The van der Waals surface area contributed by atoms with Crippen molar-refractivity contribution < 1.29 is 9.72 Å². The Labute approximate surface area is 135 Å². The zero-order valence-electron chi connectivity index (χ0n) is 13.1. The predicted octanol–water partition coefficient (Wildman–Crippen LogP) is 0.991. The number of non-ortho nitro benzene ring substituents is 1. The second-order valence-electron chi connectivity index (χ2n) is 6.32. The van der Waals surface area contributed by atoms with Crippen LogP contribution in [-0.4, -0.2) is 59.4 Å². The number of nitro benzene ring substituents is 1. The Morgan fingerprint density at radius 2 is 1.74 bits per heavy atom. The molecule has 2 fully saturated rings. The van der Waals surface area contributed by atoms with Crippen LogP contribution in [0.2, 0.25) is 0 Å². The Balaban J connectivity index is 1.41. The highest BCUT2D eigenvalue weighted by atomic mass is 16.6. The molecule has 124 valence electrons. The third kappa shape index (κ3) is 4.74. The molecule has 0 unspecified atom stereocenters. The maximum atomic E-state index is 11.8. The normalized spacial score (nSPS) is 19.5. The fraction of sp³-hybridized carbons (Fsp3) is 0.562. The first-order valence-electron chi connectivity index (χ1n) is 8.07. The maximum absolute atomic E-state index is 11.8. The number of nitrogens with one attached hydrogen (secondary N) is 1. The van der Waals surface area contributed by atoms with E-state index < -0.39 is 0 Å². The van der Waals surface area contributed by atoms with Crippen LogP contribution in [0.1, 0.15) is 18.4 Å². The lowest BCUT2D eigenvalue weighted by Gasteiger charge is -2.34. The first-order valence-corrected chi connectivity index (χ1v) is 8.07. The highest BCUT2D eigenvalue weighted by Crippen LogP contribution is 2.18. The van der Waals surface area contributed by atoms with Crippen molar-refractivity contribution in [3.63, 3.8) is 0 Å². The minimum atomic E-state index is -0.380. The number of rotatable bonds is 6. The van der Waals surface area contributed by atoms with Gasteiger partial charge in [0.05, 0.1) is 11.5 Å². The molecule has 3 rings (SSSR count). The van der Waals surface area contributed by atoms with E-state index in [1.165, 1.54) is 0 Å². The molecule has 7 nitrogen and oxygen atoms in total. The van der Waals surface area contributed by atoms with Crippen LogP contribution in [0.5, 0.6) is 0 Å². The van der Waals surface area contributed by atoms with E-state index in [2.05, 4.69) is 15.1 Å². The van der Waals surface area contributed by atoms with E-state index in [0.29, 0.717) is 12.6 Å². The van der Waals surface area contributed by atoms with E-state index in [1.54, 1.807) is 12.1 Å². The van der Waals surface area contributed by atoms with Gasteiger partial charge in [0.2, 0.25) is 5.91 Å². The van der Waals surface area contributed by atoms with E-state index in [-0.39, 0.29) is 16.5 Å². The number of hydrogen-bond acceptors (Lipinski definition) is 5. The van der Waals surface area contributed by atoms with Crippen LogP contribution in [0.15, 0.2) is 24.3 Å². The first kappa shape index (κ1) is 15.9. The Kier molecular flexibility index (Phi) is 4.88. The highest BCUT2D eigenvalue weighted by Gasteiger charge is 2.25. The van der Waals surface area contributed by atoms with Gasteiger partial charge in [0.1, 0.15) is 0 Å². The van der Waals surface area contributed by atoms with Gasteiger partial charge in [-0.1, -0.05) is 12.1 Å². The van der Waals surface area contributed by atoms with Gasteiger partial charge in [-0.25, -0.2) is 0 Å². The van der Waals surface area contributed by atoms with Crippen molar-refractivity contribution in [3.8, 4) is 0 Å². The van der Waals surface area contributed by atoms with Gasteiger partial charge in [0.15, 0.2) is 0 Å². The van der Waals surface area contributed by atoms with Gasteiger partial charge in [0.25, 0.3) is 5.69 Å². The molecule has 0 atom stereocenters. The third-order valence-electron chi connectivity index (χ3n) is 4.33. The minimum Gasteiger partial charge on any atom is -0.352 e. The number of carbonyl (C=O) groups excluding carboxylic acids is 1. The molecular weight excluding hydrogens is 296 g/mol. The molecule has 0 spiro atoms. The van der Waals surface area contributed by atoms with Crippen molar-refractivity contribution in [2.75, 3.05) is 32.7 Å². The summed E-state index contributed by atoms with van der Waals surface area (Å²) in [6.07, 6.45) is 2.24. The summed E-state index contributed by atoms with van der Waals surface area (Å²) in [7, 11) is 0. The summed E-state index contributed by atoms with van der Waals surface area (Å²) in [5.74, 6) is 0.135. The summed E-state index contributed by atoms with van der Waals surface area (Å²) in [5.41, 5.74) is 1.20. The minimum absolute atomic E-state index is 0.125. The molecular formula is C16H22N4O3. The van der Waals surface area contributed by atoms with Crippen molar-refractivity contribution in [3.05, 3.63) is 39.9 Å². The molecule has 0 aromatic heterocycles. The van der Waals surface area contributed by atoms with Gasteiger partial charge >= 0.3 is 0 Å². The molecule has 23 heavy (non-hydrogen) atoms. The molecule has 7 heteroatoms. The largest absolute Gasteiger partial charge is 0.352 e. The van der Waals surface area contributed by atoms with Crippen molar-refractivity contribution in [1.29, 1.82) is 0 Å². The molecule has 1 aromatic rings. The summed E-state index contributed by atoms with van der Waals surface area (Å²) in [6.45, 7) is 4.86. The molecule has 0 bridgehead atoms. The van der Waals surface area contributed by atoms with Gasteiger partial charge in [-0.05, 0) is 18.4 Å². The Bertz CT molecular complexity index is 563. The molecule has 1 N–H and O–H groups in total. The average Bonchev–Trinajstić information content (AvgIpc) is 3.33. The third-order valence-corrected chi connectivity index (χ3v) is 4.33. The average molecular weight is 318 g/mol. The number of benzene rings is 1. The van der Waals surface area contributed by atoms with Gasteiger partial charge < -0.3 is 5.32 Å². The number of carbonyl (C=O) groups is 1. The quantitative estimate of drug-likeness (QED) is 0.625. The van der Waals surface area contributed by atoms with E-state index in [4.69, 9.17) is 0 Å². The van der Waals surface area contributed by atoms with Crippen LogP contribution in [0.4, 0.5) is 5.69 Å². The van der Waals surface area contributed by atoms with E-state index in [9.17, 15) is 14.9 Å². The van der Waals surface area contributed by atoms with Crippen molar-refractivity contribution >= 4 is 11.6 Å². The van der Waals surface area contributed by atoms with Crippen molar-refractivity contribution in [2.45, 2.75) is 25.4 Å². The smallest absolute Gasteiger partial charge is 0.269 e. The van der Waals surface area contributed by atoms with Crippen LogP contribution < -0.4 is 5.32 Å². The molecule has 1 aliphatic heterocycles. The van der Waals surface area contributed by atoms with Crippen LogP contribution in [0.25, 0.3) is 0 Å². The van der Waals surface area contributed by atoms with Crippen molar-refractivity contribution in [2.24, 2.45) is 0 Å². The SMILES string of the molecule is O=C(CN1CCN(Cc2ccc([N+](=O)[O-])cc2)CC1)NC1CC1. The molecule has 1 aromatic carbocycles. The van der Waals surface area contributed by atoms with E-state index in [1.807, 2.05) is 12.1 Å². The Morgan fingerprint density at radius 3 is 2.30 bits per heavy atom. The summed E-state index contributed by atoms with van der Waals surface area (Å²) in [5, 5.41) is 13.7. The van der Waals surface area contributed by atoms with E-state index >= 15 is 0 Å². The summed E-state index contributed by atoms with van der Waals surface area (Å²) in [4.78, 5) is 26.6. The van der Waals surface area contributed by atoms with Gasteiger partial charge in [-0.3, -0.25) is 24.7 Å². The number of amides is 1. The molecule has 1 saturated heterocycles. The molecule has 0 radical (unpaired) electrons. The maximum Gasteiger partial charge on any atom is 0.269 e. The molecule has 2 aliphatic rings. The number of nitrogens with zero attached hydrogens (tertiary/aromatic N) is 3. The van der Waals surface area contributed by atoms with Crippen LogP contribution in [-0.2, 0) is 11.3 Å². The van der Waals surface area contributed by atoms with Gasteiger partial charge in [-0.2, -0.15) is 0 Å². The molecule has 1 amide bonds. The number of piperazine rings is 1. The fourth-order valence-corrected chi connectivity index (χ4v) is 2.79.